The Balaban J connectivity index is 1.74. The van der Waals surface area contributed by atoms with Crippen molar-refractivity contribution in [1.29, 1.82) is 0 Å². The molecule has 3 rings (SSSR count). The van der Waals surface area contributed by atoms with Gasteiger partial charge in [-0.05, 0) is 47.9 Å². The molecule has 0 bridgehead atoms. The van der Waals surface area contributed by atoms with Crippen LogP contribution in [0.15, 0.2) is 91.1 Å². The lowest BCUT2D eigenvalue weighted by Gasteiger charge is -2.08. The van der Waals surface area contributed by atoms with Crippen molar-refractivity contribution < 1.29 is 14.3 Å². The van der Waals surface area contributed by atoms with Crippen LogP contribution < -0.4 is 0 Å². The molecule has 0 aliphatic carbocycles. The lowest BCUT2D eigenvalue weighted by molar-refractivity contribution is -0.135. The number of ether oxygens (including phenoxy) is 1. The molecular formula is C28H24ClNO3. The van der Waals surface area contributed by atoms with Gasteiger partial charge < -0.3 is 4.74 Å². The molecule has 0 spiro atoms. The molecule has 0 aliphatic rings. The molecule has 0 saturated heterocycles. The van der Waals surface area contributed by atoms with E-state index in [-0.39, 0.29) is 12.2 Å². The van der Waals surface area contributed by atoms with Gasteiger partial charge in [0, 0.05) is 22.4 Å². The number of hydrogen-bond donors (Lipinski definition) is 0. The summed E-state index contributed by atoms with van der Waals surface area (Å²) in [4.78, 5) is 29.3. The highest BCUT2D eigenvalue weighted by atomic mass is 35.5. The summed E-state index contributed by atoms with van der Waals surface area (Å²) >= 11 is 6.07. The molecule has 5 heteroatoms. The van der Waals surface area contributed by atoms with Gasteiger partial charge in [0.25, 0.3) is 0 Å². The Morgan fingerprint density at radius 2 is 1.79 bits per heavy atom. The van der Waals surface area contributed by atoms with Gasteiger partial charge in [-0.25, -0.2) is 9.78 Å². The standard InChI is InChI=1S/C28H24ClNO3/c1-4-20(25(5-2)28(32)33-3)12-16-27(31)22-8-6-7-19(17-22)9-14-24-15-11-21-10-13-23(29)18-26(21)30-24/h4-11,13-15,17-18H,1-2,12,16H2,3H3/b14-9+,25-20-. The monoisotopic (exact) mass is 457 g/mol. The number of allylic oxidation sites excluding steroid dienone is 2. The van der Waals surface area contributed by atoms with Gasteiger partial charge in [-0.3, -0.25) is 4.79 Å². The Morgan fingerprint density at radius 3 is 2.52 bits per heavy atom. The molecule has 0 saturated carbocycles. The first-order chi connectivity index (χ1) is 15.9. The molecule has 3 aromatic rings. The molecule has 1 aromatic heterocycles. The third-order valence-corrected chi connectivity index (χ3v) is 5.39. The highest BCUT2D eigenvalue weighted by molar-refractivity contribution is 6.31. The van der Waals surface area contributed by atoms with Crippen LogP contribution in [0.3, 0.4) is 0 Å². The molecule has 0 atom stereocenters. The summed E-state index contributed by atoms with van der Waals surface area (Å²) in [7, 11) is 1.30. The fourth-order valence-corrected chi connectivity index (χ4v) is 3.56. The molecule has 1 heterocycles. The van der Waals surface area contributed by atoms with Crippen molar-refractivity contribution >= 4 is 46.4 Å². The van der Waals surface area contributed by atoms with Crippen LogP contribution in [0.4, 0.5) is 0 Å². The van der Waals surface area contributed by atoms with Crippen molar-refractivity contribution in [3.05, 3.63) is 113 Å². The number of fused-ring (bicyclic) bond motifs is 1. The second-order valence-corrected chi connectivity index (χ2v) is 7.73. The van der Waals surface area contributed by atoms with Gasteiger partial charge in [-0.15, -0.1) is 0 Å². The first kappa shape index (κ1) is 23.9. The first-order valence-corrected chi connectivity index (χ1v) is 10.8. The SMILES string of the molecule is C=C/C(CCC(=O)c1cccc(/C=C/c2ccc3ccc(Cl)cc3n2)c1)=C(\C=C)C(=O)OC. The molecule has 4 nitrogen and oxygen atoms in total. The van der Waals surface area contributed by atoms with Gasteiger partial charge in [0.15, 0.2) is 5.78 Å². The zero-order valence-electron chi connectivity index (χ0n) is 18.4. The normalized spacial score (nSPS) is 11.8. The number of esters is 1. The maximum Gasteiger partial charge on any atom is 0.338 e. The van der Waals surface area contributed by atoms with E-state index in [1.165, 1.54) is 13.2 Å². The lowest BCUT2D eigenvalue weighted by Crippen LogP contribution is -2.07. The maximum absolute atomic E-state index is 12.8. The quantitative estimate of drug-likeness (QED) is 0.152. The van der Waals surface area contributed by atoms with Crippen LogP contribution in [0, 0.1) is 0 Å². The summed E-state index contributed by atoms with van der Waals surface area (Å²) in [5, 5.41) is 1.66. The molecule has 2 aromatic carbocycles. The van der Waals surface area contributed by atoms with Crippen molar-refractivity contribution in [2.75, 3.05) is 7.11 Å². The summed E-state index contributed by atoms with van der Waals surface area (Å²) in [5.41, 5.74) is 4.05. The van der Waals surface area contributed by atoms with Gasteiger partial charge in [0.2, 0.25) is 0 Å². The number of benzene rings is 2. The number of ketones is 1. The van der Waals surface area contributed by atoms with E-state index >= 15 is 0 Å². The maximum atomic E-state index is 12.8. The van der Waals surface area contributed by atoms with E-state index in [2.05, 4.69) is 18.1 Å². The fourth-order valence-electron chi connectivity index (χ4n) is 3.39. The number of hydrogen-bond acceptors (Lipinski definition) is 4. The number of pyridine rings is 1. The summed E-state index contributed by atoms with van der Waals surface area (Å²) in [6, 6.07) is 16.9. The van der Waals surface area contributed by atoms with Gasteiger partial charge >= 0.3 is 5.97 Å². The Morgan fingerprint density at radius 1 is 1.00 bits per heavy atom. The Hall–Kier alpha value is -3.76. The van der Waals surface area contributed by atoms with E-state index in [1.54, 1.807) is 12.1 Å². The van der Waals surface area contributed by atoms with Gasteiger partial charge in [-0.1, -0.05) is 73.3 Å². The smallest absolute Gasteiger partial charge is 0.338 e. The lowest BCUT2D eigenvalue weighted by atomic mass is 9.98. The molecule has 0 aliphatic heterocycles. The van der Waals surface area contributed by atoms with E-state index in [9.17, 15) is 9.59 Å². The average molecular weight is 458 g/mol. The topological polar surface area (TPSA) is 56.3 Å². The predicted molar refractivity (Wildman–Crippen MR) is 135 cm³/mol. The van der Waals surface area contributed by atoms with E-state index in [4.69, 9.17) is 16.3 Å². The minimum atomic E-state index is -0.496. The Bertz CT molecular complexity index is 1290. The third kappa shape index (κ3) is 6.15. The molecule has 0 unspecified atom stereocenters. The van der Waals surface area contributed by atoms with Crippen molar-refractivity contribution in [2.45, 2.75) is 12.8 Å². The molecular weight excluding hydrogens is 434 g/mol. The van der Waals surface area contributed by atoms with Crippen LogP contribution >= 0.6 is 11.6 Å². The molecule has 166 valence electrons. The van der Waals surface area contributed by atoms with Gasteiger partial charge in [0.1, 0.15) is 0 Å². The first-order valence-electron chi connectivity index (χ1n) is 10.4. The number of Topliss-reactive ketones (excluding diaryl/α,β-unsaturated/α-hetero) is 1. The predicted octanol–water partition coefficient (Wildman–Crippen LogP) is 6.86. The number of aromatic nitrogens is 1. The van der Waals surface area contributed by atoms with Gasteiger partial charge in [-0.2, -0.15) is 0 Å². The molecule has 0 fully saturated rings. The highest BCUT2D eigenvalue weighted by Gasteiger charge is 2.13. The number of carbonyl (C=O) groups excluding carboxylic acids is 2. The second-order valence-electron chi connectivity index (χ2n) is 7.29. The van der Waals surface area contributed by atoms with Gasteiger partial charge in [0.05, 0.1) is 23.9 Å². The van der Waals surface area contributed by atoms with Crippen molar-refractivity contribution in [2.24, 2.45) is 0 Å². The fraction of sp³-hybridized carbons (Fsp3) is 0.107. The molecule has 0 radical (unpaired) electrons. The zero-order chi connectivity index (χ0) is 23.8. The molecule has 0 amide bonds. The number of nitrogens with zero attached hydrogens (tertiary/aromatic N) is 1. The summed E-state index contributed by atoms with van der Waals surface area (Å²) in [6.45, 7) is 7.39. The number of rotatable bonds is 9. The largest absolute Gasteiger partial charge is 0.465 e. The van der Waals surface area contributed by atoms with Crippen molar-refractivity contribution in [1.82, 2.24) is 4.98 Å². The third-order valence-electron chi connectivity index (χ3n) is 5.15. The van der Waals surface area contributed by atoms with Crippen LogP contribution in [0.1, 0.15) is 34.5 Å². The van der Waals surface area contributed by atoms with Crippen LogP contribution in [-0.4, -0.2) is 23.8 Å². The van der Waals surface area contributed by atoms with E-state index in [0.717, 1.165) is 22.2 Å². The molecule has 0 N–H and O–H groups in total. The summed E-state index contributed by atoms with van der Waals surface area (Å²) < 4.78 is 4.77. The van der Waals surface area contributed by atoms with E-state index < -0.39 is 5.97 Å². The van der Waals surface area contributed by atoms with Crippen LogP contribution in [0.5, 0.6) is 0 Å². The van der Waals surface area contributed by atoms with Crippen LogP contribution in [-0.2, 0) is 9.53 Å². The highest BCUT2D eigenvalue weighted by Crippen LogP contribution is 2.20. The second kappa shape index (κ2) is 11.2. The minimum absolute atomic E-state index is 0.0312. The summed E-state index contributed by atoms with van der Waals surface area (Å²) in [5.74, 6) is -0.527. The van der Waals surface area contributed by atoms with Crippen molar-refractivity contribution in [3.8, 4) is 0 Å². The number of methoxy groups -OCH3 is 1. The van der Waals surface area contributed by atoms with Crippen LogP contribution in [0.2, 0.25) is 5.02 Å². The van der Waals surface area contributed by atoms with Crippen LogP contribution in [0.25, 0.3) is 23.1 Å². The van der Waals surface area contributed by atoms with E-state index in [1.807, 2.05) is 60.7 Å². The Labute approximate surface area is 198 Å². The van der Waals surface area contributed by atoms with Crippen molar-refractivity contribution in [3.63, 3.8) is 0 Å². The average Bonchev–Trinajstić information content (AvgIpc) is 2.84. The number of carbonyl (C=O) groups is 2. The Kier molecular flexibility index (Phi) is 8.11. The molecule has 33 heavy (non-hydrogen) atoms. The summed E-state index contributed by atoms with van der Waals surface area (Å²) in [6.07, 6.45) is 7.39. The zero-order valence-corrected chi connectivity index (χ0v) is 19.1. The number of halogens is 1. The minimum Gasteiger partial charge on any atom is -0.465 e. The van der Waals surface area contributed by atoms with E-state index in [0.29, 0.717) is 28.2 Å².